The fraction of sp³-hybridized carbons (Fsp3) is 0.273. The summed E-state index contributed by atoms with van der Waals surface area (Å²) in [6, 6.07) is 5.85. The lowest BCUT2D eigenvalue weighted by Crippen LogP contribution is -2.14. The summed E-state index contributed by atoms with van der Waals surface area (Å²) in [5.41, 5.74) is 12.5. The number of nitrogens with two attached hydrogens (primary N) is 1. The van der Waals surface area contributed by atoms with Crippen molar-refractivity contribution in [3.05, 3.63) is 34.9 Å². The van der Waals surface area contributed by atoms with Gasteiger partial charge in [-0.1, -0.05) is 18.2 Å². The fourth-order valence-corrected chi connectivity index (χ4v) is 2.01. The van der Waals surface area contributed by atoms with Crippen molar-refractivity contribution in [2.75, 3.05) is 7.05 Å². The number of hydrogen-bond donors (Lipinski definition) is 3. The van der Waals surface area contributed by atoms with Crippen LogP contribution in [0.5, 0.6) is 0 Å². The van der Waals surface area contributed by atoms with Gasteiger partial charge in [-0.05, 0) is 18.4 Å². The largest absolute Gasteiger partial charge is 0.384 e. The molecule has 0 saturated carbocycles. The second kappa shape index (κ2) is 3.73. The van der Waals surface area contributed by atoms with Crippen molar-refractivity contribution >= 4 is 11.5 Å². The average molecular weight is 202 g/mol. The zero-order valence-corrected chi connectivity index (χ0v) is 8.67. The van der Waals surface area contributed by atoms with Crippen molar-refractivity contribution in [2.24, 2.45) is 10.8 Å². The summed E-state index contributed by atoms with van der Waals surface area (Å²) in [6.07, 6.45) is 1.84. The molecule has 0 bridgehead atoms. The first-order valence-electron chi connectivity index (χ1n) is 4.94. The molecule has 4 nitrogen and oxygen atoms in total. The van der Waals surface area contributed by atoms with Gasteiger partial charge in [0, 0.05) is 18.2 Å². The van der Waals surface area contributed by atoms with E-state index in [1.165, 1.54) is 0 Å². The van der Waals surface area contributed by atoms with Crippen molar-refractivity contribution < 1.29 is 0 Å². The molecular formula is C11H14N4. The first-order chi connectivity index (χ1) is 7.24. The van der Waals surface area contributed by atoms with Gasteiger partial charge in [-0.15, -0.1) is 0 Å². The van der Waals surface area contributed by atoms with Gasteiger partial charge in [-0.25, -0.2) is 0 Å². The highest BCUT2D eigenvalue weighted by Gasteiger charge is 2.21. The Morgan fingerprint density at radius 3 is 2.93 bits per heavy atom. The number of benzene rings is 1. The predicted molar refractivity (Wildman–Crippen MR) is 61.4 cm³/mol. The molecule has 0 aromatic heterocycles. The van der Waals surface area contributed by atoms with Gasteiger partial charge >= 0.3 is 0 Å². The highest BCUT2D eigenvalue weighted by molar-refractivity contribution is 6.08. The fourth-order valence-electron chi connectivity index (χ4n) is 2.01. The molecule has 1 aliphatic rings. The lowest BCUT2D eigenvalue weighted by molar-refractivity contribution is 0.892. The van der Waals surface area contributed by atoms with Gasteiger partial charge in [0.05, 0.1) is 5.71 Å². The van der Waals surface area contributed by atoms with E-state index in [-0.39, 0.29) is 5.84 Å². The molecule has 0 radical (unpaired) electrons. The lowest BCUT2D eigenvalue weighted by Gasteiger charge is -2.05. The molecule has 0 amide bonds. The van der Waals surface area contributed by atoms with Crippen molar-refractivity contribution in [2.45, 2.75) is 12.8 Å². The third-order valence-electron chi connectivity index (χ3n) is 2.64. The SMILES string of the molecule is CN/N=C1\CCc2c(C(=N)N)cccc21. The number of nitrogens with one attached hydrogen (secondary N) is 2. The van der Waals surface area contributed by atoms with Crippen LogP contribution in [0.3, 0.4) is 0 Å². The summed E-state index contributed by atoms with van der Waals surface area (Å²) in [5, 5.41) is 11.7. The van der Waals surface area contributed by atoms with Crippen LogP contribution in [-0.4, -0.2) is 18.6 Å². The maximum atomic E-state index is 7.49. The molecule has 0 unspecified atom stereocenters. The summed E-state index contributed by atoms with van der Waals surface area (Å²) in [4.78, 5) is 0. The molecule has 1 aromatic rings. The number of amidine groups is 1. The van der Waals surface area contributed by atoms with Gasteiger partial charge in [0.25, 0.3) is 0 Å². The number of nitrogens with zero attached hydrogens (tertiary/aromatic N) is 1. The highest BCUT2D eigenvalue weighted by atomic mass is 15.3. The minimum atomic E-state index is 0.137. The summed E-state index contributed by atoms with van der Waals surface area (Å²) in [6.45, 7) is 0. The number of hydrazone groups is 1. The molecule has 1 aromatic carbocycles. The zero-order valence-electron chi connectivity index (χ0n) is 8.67. The molecule has 78 valence electrons. The van der Waals surface area contributed by atoms with E-state index in [1.807, 2.05) is 18.2 Å². The number of hydrogen-bond acceptors (Lipinski definition) is 3. The van der Waals surface area contributed by atoms with Crippen molar-refractivity contribution in [3.8, 4) is 0 Å². The quantitative estimate of drug-likeness (QED) is 0.377. The zero-order chi connectivity index (χ0) is 10.8. The molecule has 0 spiro atoms. The van der Waals surface area contributed by atoms with Crippen molar-refractivity contribution in [3.63, 3.8) is 0 Å². The van der Waals surface area contributed by atoms with E-state index < -0.39 is 0 Å². The van der Waals surface area contributed by atoms with E-state index in [2.05, 4.69) is 10.5 Å². The molecule has 1 aliphatic carbocycles. The van der Waals surface area contributed by atoms with Gasteiger partial charge in [-0.2, -0.15) is 5.10 Å². The molecule has 15 heavy (non-hydrogen) atoms. The van der Waals surface area contributed by atoms with Gasteiger partial charge in [0.15, 0.2) is 0 Å². The minimum absolute atomic E-state index is 0.137. The van der Waals surface area contributed by atoms with Gasteiger partial charge in [0.1, 0.15) is 5.84 Å². The van der Waals surface area contributed by atoms with E-state index in [9.17, 15) is 0 Å². The third kappa shape index (κ3) is 1.58. The van der Waals surface area contributed by atoms with Crippen LogP contribution in [0.15, 0.2) is 23.3 Å². The van der Waals surface area contributed by atoms with E-state index >= 15 is 0 Å². The normalized spacial score (nSPS) is 16.5. The van der Waals surface area contributed by atoms with Crippen molar-refractivity contribution in [1.29, 1.82) is 5.41 Å². The molecule has 4 heteroatoms. The molecule has 0 fully saturated rings. The van der Waals surface area contributed by atoms with Gasteiger partial charge < -0.3 is 11.2 Å². The third-order valence-corrected chi connectivity index (χ3v) is 2.64. The van der Waals surface area contributed by atoms with E-state index in [0.29, 0.717) is 0 Å². The van der Waals surface area contributed by atoms with Gasteiger partial charge in [0.2, 0.25) is 0 Å². The van der Waals surface area contributed by atoms with Crippen LogP contribution >= 0.6 is 0 Å². The Kier molecular flexibility index (Phi) is 2.41. The highest BCUT2D eigenvalue weighted by Crippen LogP contribution is 2.25. The number of fused-ring (bicyclic) bond motifs is 1. The maximum Gasteiger partial charge on any atom is 0.123 e. The van der Waals surface area contributed by atoms with Crippen LogP contribution in [-0.2, 0) is 6.42 Å². The first kappa shape index (κ1) is 9.71. The number of rotatable bonds is 2. The molecule has 0 atom stereocenters. The van der Waals surface area contributed by atoms with Crippen LogP contribution in [0.4, 0.5) is 0 Å². The van der Waals surface area contributed by atoms with Crippen LogP contribution in [0.25, 0.3) is 0 Å². The van der Waals surface area contributed by atoms with Gasteiger partial charge in [-0.3, -0.25) is 5.41 Å². The molecule has 2 rings (SSSR count). The van der Waals surface area contributed by atoms with E-state index in [0.717, 1.165) is 35.2 Å². The van der Waals surface area contributed by atoms with Crippen LogP contribution < -0.4 is 11.2 Å². The standard InChI is InChI=1S/C11H14N4/c1-14-15-10-6-5-7-8(10)3-2-4-9(7)11(12)13/h2-4,14H,5-6H2,1H3,(H3,12,13)/b15-10+. The average Bonchev–Trinajstić information content (AvgIpc) is 2.62. The summed E-state index contributed by atoms with van der Waals surface area (Å²) >= 11 is 0. The van der Waals surface area contributed by atoms with Crippen LogP contribution in [0.2, 0.25) is 0 Å². The molecule has 4 N–H and O–H groups in total. The minimum Gasteiger partial charge on any atom is -0.384 e. The molecule has 0 aliphatic heterocycles. The summed E-state index contributed by atoms with van der Waals surface area (Å²) in [5.74, 6) is 0.137. The molecule has 0 heterocycles. The Balaban J connectivity index is 2.53. The van der Waals surface area contributed by atoms with E-state index in [4.69, 9.17) is 11.1 Å². The van der Waals surface area contributed by atoms with Crippen LogP contribution in [0, 0.1) is 5.41 Å². The Morgan fingerprint density at radius 2 is 2.27 bits per heavy atom. The summed E-state index contributed by atoms with van der Waals surface area (Å²) < 4.78 is 0. The first-order valence-corrected chi connectivity index (χ1v) is 4.94. The Hall–Kier alpha value is -1.84. The molecular weight excluding hydrogens is 188 g/mol. The second-order valence-electron chi connectivity index (χ2n) is 3.53. The summed E-state index contributed by atoms with van der Waals surface area (Å²) in [7, 11) is 1.79. The van der Waals surface area contributed by atoms with Crippen LogP contribution in [0.1, 0.15) is 23.1 Å². The maximum absolute atomic E-state index is 7.49. The lowest BCUT2D eigenvalue weighted by atomic mass is 10.0. The second-order valence-corrected chi connectivity index (χ2v) is 3.53. The smallest absolute Gasteiger partial charge is 0.123 e. The monoisotopic (exact) mass is 202 g/mol. The predicted octanol–water partition coefficient (Wildman–Crippen LogP) is 0.840. The Labute approximate surface area is 88.7 Å². The van der Waals surface area contributed by atoms with Crippen molar-refractivity contribution in [1.82, 2.24) is 5.43 Å². The molecule has 0 saturated heterocycles. The topological polar surface area (TPSA) is 74.3 Å². The number of nitrogen functional groups attached to an aromatic ring is 1. The van der Waals surface area contributed by atoms with E-state index in [1.54, 1.807) is 7.05 Å². The Morgan fingerprint density at radius 1 is 1.47 bits per heavy atom. The Bertz CT molecular complexity index is 434.